The van der Waals surface area contributed by atoms with Gasteiger partial charge in [0.15, 0.2) is 0 Å². The lowest BCUT2D eigenvalue weighted by Gasteiger charge is -2.32. The first kappa shape index (κ1) is 15.3. The number of rotatable bonds is 4. The molecule has 22 heavy (non-hydrogen) atoms. The third kappa shape index (κ3) is 2.81. The number of carboxylic acid groups (broad SMARTS) is 1. The Labute approximate surface area is 135 Å². The van der Waals surface area contributed by atoms with Crippen molar-refractivity contribution >= 4 is 17.3 Å². The highest BCUT2D eigenvalue weighted by Crippen LogP contribution is 2.38. The van der Waals surface area contributed by atoms with Gasteiger partial charge in [0.1, 0.15) is 6.04 Å². The summed E-state index contributed by atoms with van der Waals surface area (Å²) in [5.74, 6) is -0.704. The number of benzene rings is 1. The van der Waals surface area contributed by atoms with Crippen LogP contribution in [-0.4, -0.2) is 28.6 Å². The van der Waals surface area contributed by atoms with E-state index in [1.54, 1.807) is 11.3 Å². The summed E-state index contributed by atoms with van der Waals surface area (Å²) >= 11 is 1.71. The van der Waals surface area contributed by atoms with Crippen LogP contribution in [0.1, 0.15) is 40.5 Å². The van der Waals surface area contributed by atoms with Crippen LogP contribution in [0.15, 0.2) is 35.7 Å². The molecule has 3 rings (SSSR count). The van der Waals surface area contributed by atoms with E-state index in [1.807, 2.05) is 6.07 Å². The summed E-state index contributed by atoms with van der Waals surface area (Å²) in [5.41, 5.74) is 3.67. The fourth-order valence-electron chi connectivity index (χ4n) is 3.36. The van der Waals surface area contributed by atoms with E-state index in [-0.39, 0.29) is 12.1 Å². The van der Waals surface area contributed by atoms with Crippen LogP contribution in [0.2, 0.25) is 0 Å². The van der Waals surface area contributed by atoms with Gasteiger partial charge in [-0.1, -0.05) is 29.8 Å². The Kier molecular flexibility index (Phi) is 4.32. The van der Waals surface area contributed by atoms with Crippen molar-refractivity contribution in [3.05, 3.63) is 57.3 Å². The molecule has 0 bridgehead atoms. The van der Waals surface area contributed by atoms with E-state index in [0.29, 0.717) is 0 Å². The molecule has 1 saturated heterocycles. The minimum Gasteiger partial charge on any atom is -0.480 e. The molecule has 4 heteroatoms. The highest BCUT2D eigenvalue weighted by molar-refractivity contribution is 7.10. The molecule has 2 unspecified atom stereocenters. The highest BCUT2D eigenvalue weighted by atomic mass is 32.1. The molecule has 1 N–H and O–H groups in total. The minimum atomic E-state index is -0.704. The van der Waals surface area contributed by atoms with Gasteiger partial charge in [-0.25, -0.2) is 0 Å². The molecule has 2 aromatic rings. The second-order valence-electron chi connectivity index (χ2n) is 6.01. The number of hydrogen-bond acceptors (Lipinski definition) is 3. The quantitative estimate of drug-likeness (QED) is 0.927. The summed E-state index contributed by atoms with van der Waals surface area (Å²) in [6.45, 7) is 5.04. The summed E-state index contributed by atoms with van der Waals surface area (Å²) in [6.07, 6.45) is 1.69. The molecular formula is C18H21NO2S. The Morgan fingerprint density at radius 3 is 2.86 bits per heavy atom. The largest absolute Gasteiger partial charge is 0.480 e. The van der Waals surface area contributed by atoms with Crippen molar-refractivity contribution in [2.75, 3.05) is 6.54 Å². The normalized spacial score (nSPS) is 20.2. The van der Waals surface area contributed by atoms with E-state index in [1.165, 1.54) is 21.6 Å². The maximum Gasteiger partial charge on any atom is 0.320 e. The monoisotopic (exact) mass is 315 g/mol. The molecule has 116 valence electrons. The number of carboxylic acids is 1. The van der Waals surface area contributed by atoms with Gasteiger partial charge in [-0.05, 0) is 49.3 Å². The summed E-state index contributed by atoms with van der Waals surface area (Å²) < 4.78 is 0. The van der Waals surface area contributed by atoms with E-state index in [4.69, 9.17) is 0 Å². The molecule has 0 aliphatic carbocycles. The highest BCUT2D eigenvalue weighted by Gasteiger charge is 2.37. The van der Waals surface area contributed by atoms with Gasteiger partial charge >= 0.3 is 5.97 Å². The number of thiophene rings is 1. The second-order valence-corrected chi connectivity index (χ2v) is 6.99. The maximum atomic E-state index is 11.6. The van der Waals surface area contributed by atoms with Crippen LogP contribution in [0.4, 0.5) is 0 Å². The van der Waals surface area contributed by atoms with E-state index in [2.05, 4.69) is 48.4 Å². The van der Waals surface area contributed by atoms with E-state index < -0.39 is 5.97 Å². The van der Waals surface area contributed by atoms with Crippen LogP contribution in [0.25, 0.3) is 0 Å². The average Bonchev–Trinajstić information content (AvgIpc) is 3.14. The van der Waals surface area contributed by atoms with Gasteiger partial charge in [-0.3, -0.25) is 9.69 Å². The Bertz CT molecular complexity index is 666. The zero-order valence-electron chi connectivity index (χ0n) is 13.0. The predicted molar refractivity (Wildman–Crippen MR) is 89.4 cm³/mol. The first-order valence-corrected chi connectivity index (χ1v) is 8.55. The molecule has 0 amide bonds. The SMILES string of the molecule is Cc1ccc(C)c(C(c2cccs2)N2CCCC2C(=O)O)c1. The first-order valence-electron chi connectivity index (χ1n) is 7.67. The lowest BCUT2D eigenvalue weighted by Crippen LogP contribution is -2.39. The van der Waals surface area contributed by atoms with Gasteiger partial charge in [-0.15, -0.1) is 11.3 Å². The zero-order valence-corrected chi connectivity index (χ0v) is 13.8. The zero-order chi connectivity index (χ0) is 15.7. The Hall–Kier alpha value is -1.65. The minimum absolute atomic E-state index is 0.0449. The smallest absolute Gasteiger partial charge is 0.320 e. The van der Waals surface area contributed by atoms with Crippen LogP contribution >= 0.6 is 11.3 Å². The number of hydrogen-bond donors (Lipinski definition) is 1. The number of nitrogens with zero attached hydrogens (tertiary/aromatic N) is 1. The third-order valence-electron chi connectivity index (χ3n) is 4.45. The number of carbonyl (C=O) groups is 1. The summed E-state index contributed by atoms with van der Waals surface area (Å²) in [6, 6.07) is 10.3. The predicted octanol–water partition coefficient (Wildman–Crippen LogP) is 4.00. The van der Waals surface area contributed by atoms with Gasteiger partial charge in [0.2, 0.25) is 0 Å². The topological polar surface area (TPSA) is 40.5 Å². The molecule has 1 aromatic carbocycles. The van der Waals surface area contributed by atoms with E-state index in [9.17, 15) is 9.90 Å². The molecule has 2 heterocycles. The molecule has 0 radical (unpaired) electrons. The summed E-state index contributed by atoms with van der Waals surface area (Å²) in [4.78, 5) is 15.0. The van der Waals surface area contributed by atoms with Gasteiger partial charge < -0.3 is 5.11 Å². The molecule has 2 atom stereocenters. The van der Waals surface area contributed by atoms with Crippen LogP contribution in [0, 0.1) is 13.8 Å². The first-order chi connectivity index (χ1) is 10.6. The van der Waals surface area contributed by atoms with E-state index in [0.717, 1.165) is 19.4 Å². The standard InChI is InChI=1S/C18H21NO2S/c1-12-7-8-13(2)14(11-12)17(16-6-4-10-22-16)19-9-3-5-15(19)18(20)21/h4,6-8,10-11,15,17H,3,5,9H2,1-2H3,(H,20,21). The van der Waals surface area contributed by atoms with Crippen molar-refractivity contribution in [2.45, 2.75) is 38.8 Å². The van der Waals surface area contributed by atoms with Crippen molar-refractivity contribution in [3.63, 3.8) is 0 Å². The van der Waals surface area contributed by atoms with Crippen LogP contribution in [0.5, 0.6) is 0 Å². The Morgan fingerprint density at radius 1 is 1.36 bits per heavy atom. The summed E-state index contributed by atoms with van der Waals surface area (Å²) in [5, 5.41) is 11.6. The number of aliphatic carboxylic acids is 1. The van der Waals surface area contributed by atoms with Gasteiger partial charge in [0.05, 0.1) is 6.04 Å². The van der Waals surface area contributed by atoms with Crippen LogP contribution in [-0.2, 0) is 4.79 Å². The van der Waals surface area contributed by atoms with Crippen molar-refractivity contribution < 1.29 is 9.90 Å². The molecule has 1 aromatic heterocycles. The molecule has 0 spiro atoms. The van der Waals surface area contributed by atoms with Crippen LogP contribution < -0.4 is 0 Å². The van der Waals surface area contributed by atoms with E-state index >= 15 is 0 Å². The third-order valence-corrected chi connectivity index (χ3v) is 5.38. The number of aryl methyl sites for hydroxylation is 2. The fraction of sp³-hybridized carbons (Fsp3) is 0.389. The molecule has 1 fully saturated rings. The molecular weight excluding hydrogens is 294 g/mol. The van der Waals surface area contributed by atoms with Crippen molar-refractivity contribution in [3.8, 4) is 0 Å². The lowest BCUT2D eigenvalue weighted by atomic mass is 9.96. The Morgan fingerprint density at radius 2 is 2.18 bits per heavy atom. The van der Waals surface area contributed by atoms with Gasteiger partial charge in [-0.2, -0.15) is 0 Å². The second kappa shape index (κ2) is 6.23. The van der Waals surface area contributed by atoms with Crippen molar-refractivity contribution in [2.24, 2.45) is 0 Å². The fourth-order valence-corrected chi connectivity index (χ4v) is 4.22. The molecule has 3 nitrogen and oxygen atoms in total. The molecule has 1 aliphatic rings. The lowest BCUT2D eigenvalue weighted by molar-refractivity contribution is -0.142. The van der Waals surface area contributed by atoms with Crippen molar-refractivity contribution in [1.82, 2.24) is 4.90 Å². The average molecular weight is 315 g/mol. The van der Waals surface area contributed by atoms with Crippen molar-refractivity contribution in [1.29, 1.82) is 0 Å². The Balaban J connectivity index is 2.09. The van der Waals surface area contributed by atoms with Gasteiger partial charge in [0, 0.05) is 11.4 Å². The number of likely N-dealkylation sites (tertiary alicyclic amines) is 1. The van der Waals surface area contributed by atoms with Gasteiger partial charge in [0.25, 0.3) is 0 Å². The van der Waals surface area contributed by atoms with Crippen LogP contribution in [0.3, 0.4) is 0 Å². The molecule has 0 saturated carbocycles. The maximum absolute atomic E-state index is 11.6. The molecule has 1 aliphatic heterocycles. The summed E-state index contributed by atoms with van der Waals surface area (Å²) in [7, 11) is 0.